The van der Waals surface area contributed by atoms with E-state index in [0.29, 0.717) is 11.5 Å². The largest absolute Gasteiger partial charge is 0.335 e. The molecule has 0 amide bonds. The number of thioether (sulfide) groups is 1. The fourth-order valence-electron chi connectivity index (χ4n) is 2.94. The van der Waals surface area contributed by atoms with Crippen molar-refractivity contribution < 1.29 is 0 Å². The molecule has 0 saturated carbocycles. The molecule has 1 unspecified atom stereocenters. The zero-order valence-corrected chi connectivity index (χ0v) is 15.2. The molecular formula is C16H24N6OS. The Bertz CT molecular complexity index is 716. The van der Waals surface area contributed by atoms with Crippen LogP contribution >= 0.6 is 11.8 Å². The molecule has 0 radical (unpaired) electrons. The van der Waals surface area contributed by atoms with Gasteiger partial charge in [-0.3, -0.25) is 19.2 Å². The Morgan fingerprint density at radius 2 is 2.12 bits per heavy atom. The van der Waals surface area contributed by atoms with Gasteiger partial charge in [0.05, 0.1) is 0 Å². The van der Waals surface area contributed by atoms with Crippen LogP contribution in [0.2, 0.25) is 0 Å². The highest BCUT2D eigenvalue weighted by atomic mass is 32.2. The third-order valence-corrected chi connectivity index (χ3v) is 5.38. The molecule has 1 atom stereocenters. The van der Waals surface area contributed by atoms with Gasteiger partial charge in [-0.15, -0.1) is 0 Å². The summed E-state index contributed by atoms with van der Waals surface area (Å²) in [5.41, 5.74) is 0.503. The maximum atomic E-state index is 12.9. The van der Waals surface area contributed by atoms with Gasteiger partial charge in [0.1, 0.15) is 0 Å². The SMILES string of the molecule is CC#CN1c2c(nc(SCCC)n(C)c2=O)NC1N1CCNCC1. The van der Waals surface area contributed by atoms with Crippen LogP contribution in [0.5, 0.6) is 0 Å². The molecule has 0 aliphatic carbocycles. The van der Waals surface area contributed by atoms with Crippen molar-refractivity contribution in [1.82, 2.24) is 19.8 Å². The molecule has 3 rings (SSSR count). The lowest BCUT2D eigenvalue weighted by Gasteiger charge is -2.35. The van der Waals surface area contributed by atoms with Crippen molar-refractivity contribution in [2.45, 2.75) is 31.7 Å². The van der Waals surface area contributed by atoms with Crippen LogP contribution in [0.4, 0.5) is 11.5 Å². The molecule has 3 heterocycles. The van der Waals surface area contributed by atoms with Crippen LogP contribution in [0.25, 0.3) is 0 Å². The fraction of sp³-hybridized carbons (Fsp3) is 0.625. The number of anilines is 2. The molecule has 0 aromatic carbocycles. The van der Waals surface area contributed by atoms with Gasteiger partial charge in [0.15, 0.2) is 23.0 Å². The Kier molecular flexibility index (Phi) is 5.33. The van der Waals surface area contributed by atoms with E-state index < -0.39 is 0 Å². The molecule has 130 valence electrons. The second-order valence-electron chi connectivity index (χ2n) is 5.84. The predicted octanol–water partition coefficient (Wildman–Crippen LogP) is 0.684. The van der Waals surface area contributed by atoms with Crippen LogP contribution in [-0.2, 0) is 7.05 Å². The summed E-state index contributed by atoms with van der Waals surface area (Å²) in [7, 11) is 1.78. The first-order valence-corrected chi connectivity index (χ1v) is 9.32. The van der Waals surface area contributed by atoms with Crippen LogP contribution < -0.4 is 21.1 Å². The lowest BCUT2D eigenvalue weighted by Crippen LogP contribution is -2.55. The van der Waals surface area contributed by atoms with Crippen LogP contribution in [-0.4, -0.2) is 52.7 Å². The van der Waals surface area contributed by atoms with Gasteiger partial charge in [-0.2, -0.15) is 0 Å². The average molecular weight is 348 g/mol. The van der Waals surface area contributed by atoms with Crippen molar-refractivity contribution in [1.29, 1.82) is 0 Å². The van der Waals surface area contributed by atoms with Gasteiger partial charge in [-0.1, -0.05) is 24.6 Å². The van der Waals surface area contributed by atoms with Crippen molar-refractivity contribution >= 4 is 23.3 Å². The number of hydrogen-bond acceptors (Lipinski definition) is 7. The van der Waals surface area contributed by atoms with E-state index in [2.05, 4.69) is 34.4 Å². The van der Waals surface area contributed by atoms with Crippen molar-refractivity contribution in [2.24, 2.45) is 7.05 Å². The third kappa shape index (κ3) is 3.11. The predicted molar refractivity (Wildman–Crippen MR) is 98.3 cm³/mol. The van der Waals surface area contributed by atoms with E-state index >= 15 is 0 Å². The topological polar surface area (TPSA) is 65.4 Å². The minimum absolute atomic E-state index is 0.0495. The van der Waals surface area contributed by atoms with Crippen LogP contribution in [0.15, 0.2) is 9.95 Å². The lowest BCUT2D eigenvalue weighted by molar-refractivity contribution is 0.196. The molecule has 1 fully saturated rings. The Labute approximate surface area is 146 Å². The number of piperazine rings is 1. The zero-order valence-electron chi connectivity index (χ0n) is 14.4. The highest BCUT2D eigenvalue weighted by Crippen LogP contribution is 2.32. The Balaban J connectivity index is 1.98. The quantitative estimate of drug-likeness (QED) is 0.471. The number of hydrogen-bond donors (Lipinski definition) is 2. The maximum Gasteiger partial charge on any atom is 0.280 e. The Morgan fingerprint density at radius 1 is 1.38 bits per heavy atom. The van der Waals surface area contributed by atoms with E-state index in [1.807, 2.05) is 4.90 Å². The van der Waals surface area contributed by atoms with Crippen molar-refractivity contribution in [2.75, 3.05) is 42.1 Å². The molecule has 2 N–H and O–H groups in total. The molecule has 2 aliphatic rings. The standard InChI is InChI=1S/C16H24N6OS/c1-4-8-22-12-13(18-15(22)21-9-6-17-7-10-21)19-16(24-11-5-2)20(3)14(12)23/h15,17-18H,5-7,9-11H2,1-3H3. The average Bonchev–Trinajstić information content (AvgIpc) is 2.96. The summed E-state index contributed by atoms with van der Waals surface area (Å²) in [4.78, 5) is 21.7. The van der Waals surface area contributed by atoms with Gasteiger partial charge in [0.2, 0.25) is 0 Å². The summed E-state index contributed by atoms with van der Waals surface area (Å²) >= 11 is 1.61. The van der Waals surface area contributed by atoms with Gasteiger partial charge in [0.25, 0.3) is 5.56 Å². The number of nitrogens with zero attached hydrogens (tertiary/aromatic N) is 4. The molecule has 0 bridgehead atoms. The highest BCUT2D eigenvalue weighted by molar-refractivity contribution is 7.99. The van der Waals surface area contributed by atoms with Gasteiger partial charge in [-0.25, -0.2) is 4.98 Å². The number of nitrogens with one attached hydrogen (secondary N) is 2. The first kappa shape index (κ1) is 17.1. The van der Waals surface area contributed by atoms with Gasteiger partial charge in [-0.05, 0) is 13.3 Å². The summed E-state index contributed by atoms with van der Waals surface area (Å²) in [6.45, 7) is 7.60. The molecule has 1 aromatic rings. The van der Waals surface area contributed by atoms with E-state index in [-0.39, 0.29) is 11.8 Å². The molecule has 8 heteroatoms. The summed E-state index contributed by atoms with van der Waals surface area (Å²) in [6, 6.07) is 3.08. The molecule has 2 aliphatic heterocycles. The van der Waals surface area contributed by atoms with E-state index in [9.17, 15) is 4.79 Å². The van der Waals surface area contributed by atoms with Crippen LogP contribution in [0, 0.1) is 12.0 Å². The Hall–Kier alpha value is -1.69. The molecule has 7 nitrogen and oxygen atoms in total. The number of aromatic nitrogens is 2. The number of rotatable bonds is 4. The van der Waals surface area contributed by atoms with Crippen molar-refractivity contribution in [3.8, 4) is 12.0 Å². The maximum absolute atomic E-state index is 12.9. The summed E-state index contributed by atoms with van der Waals surface area (Å²) in [6.07, 6.45) is 0.906. The molecule has 24 heavy (non-hydrogen) atoms. The monoisotopic (exact) mass is 348 g/mol. The van der Waals surface area contributed by atoms with Gasteiger partial charge in [0, 0.05) is 45.0 Å². The van der Waals surface area contributed by atoms with E-state index in [0.717, 1.165) is 43.5 Å². The summed E-state index contributed by atoms with van der Waals surface area (Å²) in [5, 5.41) is 7.51. The minimum Gasteiger partial charge on any atom is -0.335 e. The molecule has 1 aromatic heterocycles. The van der Waals surface area contributed by atoms with E-state index in [4.69, 9.17) is 4.98 Å². The van der Waals surface area contributed by atoms with Crippen LogP contribution in [0.3, 0.4) is 0 Å². The smallest absolute Gasteiger partial charge is 0.280 e. The number of fused-ring (bicyclic) bond motifs is 1. The summed E-state index contributed by atoms with van der Waals surface area (Å²) < 4.78 is 1.63. The van der Waals surface area contributed by atoms with E-state index in [1.165, 1.54) is 0 Å². The highest BCUT2D eigenvalue weighted by Gasteiger charge is 2.37. The molecule has 1 saturated heterocycles. The van der Waals surface area contributed by atoms with Crippen LogP contribution in [0.1, 0.15) is 20.3 Å². The third-order valence-electron chi connectivity index (χ3n) is 4.14. The second kappa shape index (κ2) is 7.47. The summed E-state index contributed by atoms with van der Waals surface area (Å²) in [5.74, 6) is 4.51. The Morgan fingerprint density at radius 3 is 2.79 bits per heavy atom. The zero-order chi connectivity index (χ0) is 17.1. The normalized spacial score (nSPS) is 20.3. The fourth-order valence-corrected chi connectivity index (χ4v) is 3.76. The molecular weight excluding hydrogens is 324 g/mol. The minimum atomic E-state index is -0.138. The van der Waals surface area contributed by atoms with E-state index in [1.54, 1.807) is 30.3 Å². The first-order valence-electron chi connectivity index (χ1n) is 8.34. The lowest BCUT2D eigenvalue weighted by atomic mass is 10.3. The van der Waals surface area contributed by atoms with Crippen molar-refractivity contribution in [3.05, 3.63) is 10.4 Å². The van der Waals surface area contributed by atoms with Crippen molar-refractivity contribution in [3.63, 3.8) is 0 Å². The van der Waals surface area contributed by atoms with Gasteiger partial charge < -0.3 is 10.6 Å². The van der Waals surface area contributed by atoms with Gasteiger partial charge >= 0.3 is 0 Å². The first-order chi connectivity index (χ1) is 11.7. The second-order valence-corrected chi connectivity index (χ2v) is 6.90. The molecule has 0 spiro atoms.